The van der Waals surface area contributed by atoms with Gasteiger partial charge in [0.1, 0.15) is 11.8 Å². The summed E-state index contributed by atoms with van der Waals surface area (Å²) in [6.45, 7) is 5.40. The van der Waals surface area contributed by atoms with Crippen molar-refractivity contribution < 1.29 is 14.3 Å². The number of hydrogen-bond acceptors (Lipinski definition) is 3. The molecule has 0 aliphatic carbocycles. The minimum Gasteiger partial charge on any atom is -0.482 e. The maximum atomic E-state index is 13.1. The molecular formula is C22H24BrCl3N2O3. The standard InChI is InChI=1S/C22H24BrCl3N2O3/c1-4-13(2)27-22(30)14(3)28(11-15-5-7-17(24)10-18(15)25)21(29)12-31-20-8-6-16(23)9-19(20)26/h5-10,13-14H,4,11-12H2,1-3H3,(H,27,30)/t13-,14+/m0/s1. The summed E-state index contributed by atoms with van der Waals surface area (Å²) in [5.41, 5.74) is 0.671. The molecule has 0 unspecified atom stereocenters. The zero-order chi connectivity index (χ0) is 23.1. The van der Waals surface area contributed by atoms with Crippen LogP contribution in [-0.2, 0) is 16.1 Å². The van der Waals surface area contributed by atoms with Crippen molar-refractivity contribution in [3.63, 3.8) is 0 Å². The van der Waals surface area contributed by atoms with Gasteiger partial charge in [0.05, 0.1) is 5.02 Å². The Kier molecular flexibility index (Phi) is 9.94. The van der Waals surface area contributed by atoms with Gasteiger partial charge in [-0.15, -0.1) is 0 Å². The van der Waals surface area contributed by atoms with Gasteiger partial charge in [0, 0.05) is 27.1 Å². The predicted molar refractivity (Wildman–Crippen MR) is 129 cm³/mol. The van der Waals surface area contributed by atoms with Gasteiger partial charge in [0.2, 0.25) is 5.91 Å². The van der Waals surface area contributed by atoms with Crippen molar-refractivity contribution in [1.82, 2.24) is 10.2 Å². The number of amides is 2. The summed E-state index contributed by atoms with van der Waals surface area (Å²) in [7, 11) is 0. The molecule has 0 radical (unpaired) electrons. The first-order valence-electron chi connectivity index (χ1n) is 9.74. The van der Waals surface area contributed by atoms with Crippen LogP contribution in [0.25, 0.3) is 0 Å². The van der Waals surface area contributed by atoms with Gasteiger partial charge in [-0.2, -0.15) is 0 Å². The van der Waals surface area contributed by atoms with Gasteiger partial charge in [0.25, 0.3) is 5.91 Å². The highest BCUT2D eigenvalue weighted by molar-refractivity contribution is 9.10. The van der Waals surface area contributed by atoms with E-state index in [-0.39, 0.29) is 31.0 Å². The first kappa shape index (κ1) is 25.8. The molecule has 0 fully saturated rings. The van der Waals surface area contributed by atoms with Crippen molar-refractivity contribution in [2.75, 3.05) is 6.61 Å². The van der Waals surface area contributed by atoms with E-state index in [1.165, 1.54) is 4.90 Å². The van der Waals surface area contributed by atoms with Crippen molar-refractivity contribution in [3.8, 4) is 5.75 Å². The van der Waals surface area contributed by atoms with Crippen LogP contribution in [0.1, 0.15) is 32.8 Å². The molecule has 5 nitrogen and oxygen atoms in total. The Hall–Kier alpha value is -1.47. The van der Waals surface area contributed by atoms with E-state index < -0.39 is 6.04 Å². The number of benzene rings is 2. The van der Waals surface area contributed by atoms with Crippen molar-refractivity contribution >= 4 is 62.5 Å². The van der Waals surface area contributed by atoms with Gasteiger partial charge < -0.3 is 15.0 Å². The summed E-state index contributed by atoms with van der Waals surface area (Å²) in [6.07, 6.45) is 0.778. The Bertz CT molecular complexity index is 942. The van der Waals surface area contributed by atoms with Crippen LogP contribution in [0.4, 0.5) is 0 Å². The summed E-state index contributed by atoms with van der Waals surface area (Å²) < 4.78 is 6.42. The Labute approximate surface area is 206 Å². The highest BCUT2D eigenvalue weighted by atomic mass is 79.9. The molecule has 1 N–H and O–H groups in total. The second-order valence-corrected chi connectivity index (χ2v) is 9.28. The van der Waals surface area contributed by atoms with Crippen LogP contribution in [0.3, 0.4) is 0 Å². The fourth-order valence-electron chi connectivity index (χ4n) is 2.70. The maximum absolute atomic E-state index is 13.1. The van der Waals surface area contributed by atoms with Crippen molar-refractivity contribution in [2.45, 2.75) is 45.8 Å². The van der Waals surface area contributed by atoms with Gasteiger partial charge in [-0.05, 0) is 56.2 Å². The van der Waals surface area contributed by atoms with E-state index in [2.05, 4.69) is 21.2 Å². The molecule has 168 valence electrons. The fraction of sp³-hybridized carbons (Fsp3) is 0.364. The number of halogens is 4. The molecule has 9 heteroatoms. The molecule has 31 heavy (non-hydrogen) atoms. The maximum Gasteiger partial charge on any atom is 0.261 e. The number of nitrogens with zero attached hydrogens (tertiary/aromatic N) is 1. The minimum atomic E-state index is -0.739. The van der Waals surface area contributed by atoms with Gasteiger partial charge in [-0.3, -0.25) is 9.59 Å². The fourth-order valence-corrected chi connectivity index (χ4v) is 3.89. The first-order valence-corrected chi connectivity index (χ1v) is 11.7. The van der Waals surface area contributed by atoms with E-state index in [0.29, 0.717) is 26.4 Å². The third kappa shape index (κ3) is 7.56. The molecule has 0 spiro atoms. The molecule has 2 aromatic carbocycles. The Morgan fingerprint density at radius 1 is 1.10 bits per heavy atom. The summed E-state index contributed by atoms with van der Waals surface area (Å²) in [5.74, 6) is -0.259. The van der Waals surface area contributed by atoms with E-state index in [1.807, 2.05) is 13.8 Å². The van der Waals surface area contributed by atoms with Crippen LogP contribution in [-0.4, -0.2) is 35.4 Å². The van der Waals surface area contributed by atoms with Crippen LogP contribution in [0, 0.1) is 0 Å². The highest BCUT2D eigenvalue weighted by Crippen LogP contribution is 2.28. The Morgan fingerprint density at radius 3 is 2.42 bits per heavy atom. The first-order chi connectivity index (χ1) is 14.6. The molecular weight excluding hydrogens is 527 g/mol. The lowest BCUT2D eigenvalue weighted by molar-refractivity contribution is -0.142. The zero-order valence-corrected chi connectivity index (χ0v) is 21.3. The van der Waals surface area contributed by atoms with E-state index >= 15 is 0 Å². The third-order valence-corrected chi connectivity index (χ3v) is 6.14. The minimum absolute atomic E-state index is 0.0103. The largest absolute Gasteiger partial charge is 0.482 e. The second kappa shape index (κ2) is 12.0. The normalized spacial score (nSPS) is 12.7. The van der Waals surface area contributed by atoms with E-state index in [4.69, 9.17) is 39.5 Å². The molecule has 2 rings (SSSR count). The lowest BCUT2D eigenvalue weighted by atomic mass is 10.1. The van der Waals surface area contributed by atoms with E-state index in [1.54, 1.807) is 43.3 Å². The number of rotatable bonds is 9. The highest BCUT2D eigenvalue weighted by Gasteiger charge is 2.28. The predicted octanol–water partition coefficient (Wildman–Crippen LogP) is 6.12. The number of ether oxygens (including phenoxy) is 1. The molecule has 2 amide bonds. The van der Waals surface area contributed by atoms with E-state index in [0.717, 1.165) is 10.9 Å². The molecule has 2 atom stereocenters. The zero-order valence-electron chi connectivity index (χ0n) is 17.4. The van der Waals surface area contributed by atoms with Gasteiger partial charge >= 0.3 is 0 Å². The second-order valence-electron chi connectivity index (χ2n) is 7.11. The molecule has 0 heterocycles. The number of hydrogen-bond donors (Lipinski definition) is 1. The SMILES string of the molecule is CC[C@H](C)NC(=O)[C@@H](C)N(Cc1ccc(Cl)cc1Cl)C(=O)COc1ccc(Br)cc1Cl. The van der Waals surface area contributed by atoms with Crippen LogP contribution in [0.15, 0.2) is 40.9 Å². The lowest BCUT2D eigenvalue weighted by Gasteiger charge is -2.30. The molecule has 0 saturated heterocycles. The van der Waals surface area contributed by atoms with Gasteiger partial charge in [0.15, 0.2) is 6.61 Å². The van der Waals surface area contributed by atoms with Crippen LogP contribution in [0.5, 0.6) is 5.75 Å². The number of carbonyl (C=O) groups is 2. The summed E-state index contributed by atoms with van der Waals surface area (Å²) in [6, 6.07) is 9.38. The van der Waals surface area contributed by atoms with Crippen LogP contribution < -0.4 is 10.1 Å². The quantitative estimate of drug-likeness (QED) is 0.409. The Morgan fingerprint density at radius 2 is 1.81 bits per heavy atom. The van der Waals surface area contributed by atoms with Crippen molar-refractivity contribution in [2.24, 2.45) is 0 Å². The van der Waals surface area contributed by atoms with E-state index in [9.17, 15) is 9.59 Å². The van der Waals surface area contributed by atoms with Crippen molar-refractivity contribution in [1.29, 1.82) is 0 Å². The Balaban J connectivity index is 2.22. The summed E-state index contributed by atoms with van der Waals surface area (Å²) >= 11 is 21.8. The average molecular weight is 551 g/mol. The molecule has 0 aliphatic heterocycles. The monoisotopic (exact) mass is 548 g/mol. The topological polar surface area (TPSA) is 58.6 Å². The molecule has 0 aliphatic rings. The summed E-state index contributed by atoms with van der Waals surface area (Å²) in [5, 5.41) is 4.18. The number of carbonyl (C=O) groups excluding carboxylic acids is 2. The molecule has 2 aromatic rings. The van der Waals surface area contributed by atoms with Gasteiger partial charge in [-0.25, -0.2) is 0 Å². The third-order valence-electron chi connectivity index (χ3n) is 4.77. The smallest absolute Gasteiger partial charge is 0.261 e. The number of nitrogens with one attached hydrogen (secondary N) is 1. The van der Waals surface area contributed by atoms with Gasteiger partial charge in [-0.1, -0.05) is 63.7 Å². The van der Waals surface area contributed by atoms with Crippen molar-refractivity contribution in [3.05, 3.63) is 61.5 Å². The lowest BCUT2D eigenvalue weighted by Crippen LogP contribution is -2.50. The summed E-state index contributed by atoms with van der Waals surface area (Å²) in [4.78, 5) is 27.2. The molecule has 0 saturated carbocycles. The van der Waals surface area contributed by atoms with Crippen LogP contribution >= 0.6 is 50.7 Å². The van der Waals surface area contributed by atoms with Crippen LogP contribution in [0.2, 0.25) is 15.1 Å². The molecule has 0 bridgehead atoms. The average Bonchev–Trinajstić information content (AvgIpc) is 2.71. The molecule has 0 aromatic heterocycles.